The lowest BCUT2D eigenvalue weighted by Gasteiger charge is -2.11. The van der Waals surface area contributed by atoms with Crippen molar-refractivity contribution >= 4 is 31.1 Å². The second kappa shape index (κ2) is 15.3. The van der Waals surface area contributed by atoms with Crippen molar-refractivity contribution in [2.24, 2.45) is 0 Å². The first-order chi connectivity index (χ1) is 21.1. The van der Waals surface area contributed by atoms with Gasteiger partial charge in [-0.25, -0.2) is 4.57 Å². The zero-order chi connectivity index (χ0) is 31.6. The molecular weight excluding hydrogens is 554 g/mol. The summed E-state index contributed by atoms with van der Waals surface area (Å²) in [7, 11) is -3.20. The number of hydrogen-bond donors (Lipinski definition) is 6. The van der Waals surface area contributed by atoms with E-state index in [-0.39, 0.29) is 5.91 Å². The summed E-state index contributed by atoms with van der Waals surface area (Å²) in [6.45, 7) is 11.5. The lowest BCUT2D eigenvalue weighted by atomic mass is 9.77. The van der Waals surface area contributed by atoms with Gasteiger partial charge in [0.1, 0.15) is 5.56 Å². The molecule has 0 aliphatic rings. The molecule has 0 aliphatic carbocycles. The summed E-state index contributed by atoms with van der Waals surface area (Å²) in [6.07, 6.45) is 8.19. The molecule has 224 valence electrons. The molecule has 2 aromatic heterocycles. The summed E-state index contributed by atoms with van der Waals surface area (Å²) in [6, 6.07) is 19.9. The molecule has 0 radical (unpaired) electrons. The van der Waals surface area contributed by atoms with Crippen LogP contribution in [0.3, 0.4) is 0 Å². The van der Waals surface area contributed by atoms with Crippen LogP contribution in [0.25, 0.3) is 11.1 Å². The standard InChI is InChI=1S/C33H37B2N4O5/c1-24(2)25(3)36-15-9-16-37-33(40)30-18-29(22-39(23-30)21-28-11-5-7-14-32(28)35(43)44)26-12-8-17-38(19-26)20-27-10-4-6-13-31(27)34(41)42/h4-8,10-14,17-19,22-23,36,41-44H,1,3,9,15-16,20-21H2,2H3/q+1/p+1. The highest BCUT2D eigenvalue weighted by Gasteiger charge is 2.22. The van der Waals surface area contributed by atoms with E-state index in [0.717, 1.165) is 28.0 Å². The number of benzene rings is 2. The SMILES string of the molecule is C=C(C)C(=C)NCCCNC(=O)c1cc(-c2ccc[n+](Cc3ccccc3B(O)O)c2)c[n+](Cc2ccccc2B(O)O)c1. The zero-order valence-electron chi connectivity index (χ0n) is 24.9. The Bertz CT molecular complexity index is 1640. The second-order valence-corrected chi connectivity index (χ2v) is 10.7. The van der Waals surface area contributed by atoms with E-state index >= 15 is 0 Å². The van der Waals surface area contributed by atoms with Crippen molar-refractivity contribution in [1.82, 2.24) is 10.6 Å². The number of hydrogen-bond acceptors (Lipinski definition) is 6. The number of aromatic nitrogens is 2. The van der Waals surface area contributed by atoms with Gasteiger partial charge in [-0.05, 0) is 42.0 Å². The van der Waals surface area contributed by atoms with Gasteiger partial charge in [0, 0.05) is 36.0 Å². The Labute approximate surface area is 258 Å². The van der Waals surface area contributed by atoms with Gasteiger partial charge in [-0.15, -0.1) is 0 Å². The van der Waals surface area contributed by atoms with Crippen molar-refractivity contribution in [2.75, 3.05) is 13.1 Å². The van der Waals surface area contributed by atoms with Crippen LogP contribution in [0.4, 0.5) is 0 Å². The highest BCUT2D eigenvalue weighted by molar-refractivity contribution is 6.59. The van der Waals surface area contributed by atoms with E-state index in [2.05, 4.69) is 23.8 Å². The minimum absolute atomic E-state index is 0.232. The fourth-order valence-corrected chi connectivity index (χ4v) is 4.84. The highest BCUT2D eigenvalue weighted by Crippen LogP contribution is 2.18. The van der Waals surface area contributed by atoms with Gasteiger partial charge in [0.25, 0.3) is 5.91 Å². The van der Waals surface area contributed by atoms with E-state index in [1.54, 1.807) is 30.5 Å². The quantitative estimate of drug-likeness (QED) is 0.0537. The number of nitrogens with zero attached hydrogens (tertiary/aromatic N) is 2. The third-order valence-corrected chi connectivity index (χ3v) is 7.24. The Morgan fingerprint density at radius 1 is 0.750 bits per heavy atom. The average molecular weight is 592 g/mol. The predicted molar refractivity (Wildman–Crippen MR) is 172 cm³/mol. The van der Waals surface area contributed by atoms with Gasteiger partial charge in [0.15, 0.2) is 37.9 Å². The number of allylic oxidation sites excluding steroid dienone is 1. The summed E-state index contributed by atoms with van der Waals surface area (Å²) in [5, 5.41) is 45.6. The topological polar surface area (TPSA) is 130 Å². The molecule has 2 heterocycles. The molecule has 9 nitrogen and oxygen atoms in total. The molecule has 0 atom stereocenters. The molecule has 0 unspecified atom stereocenters. The first kappa shape index (κ1) is 32.4. The Kier molecular flexibility index (Phi) is 11.2. The maximum Gasteiger partial charge on any atom is 0.488 e. The minimum atomic E-state index is -1.62. The first-order valence-electron chi connectivity index (χ1n) is 14.4. The molecular formula is C33H38B2N4O5+2. The summed E-state index contributed by atoms with van der Waals surface area (Å²) in [4.78, 5) is 13.3. The normalized spacial score (nSPS) is 10.7. The van der Waals surface area contributed by atoms with Crippen LogP contribution >= 0.6 is 0 Å². The van der Waals surface area contributed by atoms with Gasteiger partial charge in [0.05, 0.1) is 11.1 Å². The van der Waals surface area contributed by atoms with Crippen LogP contribution in [0.1, 0.15) is 34.8 Å². The number of carbonyl (C=O) groups excluding carboxylic acids is 1. The number of nitrogens with one attached hydrogen (secondary N) is 2. The van der Waals surface area contributed by atoms with E-state index < -0.39 is 14.2 Å². The molecule has 0 saturated carbocycles. The van der Waals surface area contributed by atoms with E-state index in [0.29, 0.717) is 54.7 Å². The van der Waals surface area contributed by atoms with Crippen LogP contribution in [0.2, 0.25) is 0 Å². The molecule has 4 aromatic rings. The van der Waals surface area contributed by atoms with Crippen molar-refractivity contribution in [3.05, 3.63) is 133 Å². The van der Waals surface area contributed by atoms with E-state index in [4.69, 9.17) is 0 Å². The lowest BCUT2D eigenvalue weighted by Crippen LogP contribution is -2.42. The van der Waals surface area contributed by atoms with Crippen molar-refractivity contribution in [1.29, 1.82) is 0 Å². The van der Waals surface area contributed by atoms with Gasteiger partial charge < -0.3 is 30.7 Å². The van der Waals surface area contributed by atoms with Crippen LogP contribution in [0, 0.1) is 0 Å². The number of pyridine rings is 2. The molecule has 44 heavy (non-hydrogen) atoms. The van der Waals surface area contributed by atoms with Crippen LogP contribution < -0.4 is 30.7 Å². The Morgan fingerprint density at radius 3 is 1.93 bits per heavy atom. The molecule has 0 spiro atoms. The van der Waals surface area contributed by atoms with Gasteiger partial charge in [0.2, 0.25) is 0 Å². The summed E-state index contributed by atoms with van der Waals surface area (Å²) >= 11 is 0. The Hall–Kier alpha value is -4.54. The number of amides is 1. The molecule has 0 fully saturated rings. The van der Waals surface area contributed by atoms with Crippen LogP contribution in [-0.2, 0) is 13.1 Å². The zero-order valence-corrected chi connectivity index (χ0v) is 24.9. The maximum absolute atomic E-state index is 13.3. The van der Waals surface area contributed by atoms with Crippen LogP contribution in [-0.4, -0.2) is 53.3 Å². The fourth-order valence-electron chi connectivity index (χ4n) is 4.84. The molecule has 11 heteroatoms. The van der Waals surface area contributed by atoms with Gasteiger partial charge in [-0.3, -0.25) is 4.79 Å². The second-order valence-electron chi connectivity index (χ2n) is 10.7. The van der Waals surface area contributed by atoms with Crippen molar-refractivity contribution in [2.45, 2.75) is 26.4 Å². The van der Waals surface area contributed by atoms with Crippen LogP contribution in [0.5, 0.6) is 0 Å². The fraction of sp³-hybridized carbons (Fsp3) is 0.182. The summed E-state index contributed by atoms with van der Waals surface area (Å²) in [5.41, 5.74) is 6.02. The van der Waals surface area contributed by atoms with E-state index in [1.807, 2.05) is 77.1 Å². The first-order valence-corrected chi connectivity index (χ1v) is 14.4. The summed E-state index contributed by atoms with van der Waals surface area (Å²) in [5.74, 6) is -0.232. The van der Waals surface area contributed by atoms with E-state index in [1.165, 1.54) is 0 Å². The number of rotatable bonds is 14. The monoisotopic (exact) mass is 592 g/mol. The maximum atomic E-state index is 13.3. The van der Waals surface area contributed by atoms with Gasteiger partial charge >= 0.3 is 14.2 Å². The molecule has 0 saturated heterocycles. The molecule has 2 aromatic carbocycles. The molecule has 6 N–H and O–H groups in total. The van der Waals surface area contributed by atoms with Gasteiger partial charge in [-0.1, -0.05) is 61.7 Å². The largest absolute Gasteiger partial charge is 0.488 e. The van der Waals surface area contributed by atoms with Crippen molar-refractivity contribution < 1.29 is 34.0 Å². The van der Waals surface area contributed by atoms with Crippen molar-refractivity contribution in [3.8, 4) is 11.1 Å². The molecule has 0 aliphatic heterocycles. The third-order valence-electron chi connectivity index (χ3n) is 7.24. The molecule has 1 amide bonds. The Morgan fingerprint density at radius 2 is 1.32 bits per heavy atom. The Balaban J connectivity index is 1.62. The molecule has 4 rings (SSSR count). The lowest BCUT2D eigenvalue weighted by molar-refractivity contribution is -0.689. The van der Waals surface area contributed by atoms with Crippen LogP contribution in [0.15, 0.2) is 116 Å². The smallest absolute Gasteiger partial charge is 0.423 e. The highest BCUT2D eigenvalue weighted by atomic mass is 16.4. The minimum Gasteiger partial charge on any atom is -0.423 e. The predicted octanol–water partition coefficient (Wildman–Crippen LogP) is 0.184. The summed E-state index contributed by atoms with van der Waals surface area (Å²) < 4.78 is 3.80. The third kappa shape index (κ3) is 8.75. The van der Waals surface area contributed by atoms with Crippen molar-refractivity contribution in [3.63, 3.8) is 0 Å². The average Bonchev–Trinajstić information content (AvgIpc) is 3.01. The van der Waals surface area contributed by atoms with Gasteiger partial charge in [-0.2, -0.15) is 4.57 Å². The molecule has 0 bridgehead atoms. The van der Waals surface area contributed by atoms with E-state index in [9.17, 15) is 24.9 Å². The number of carbonyl (C=O) groups is 1.